The highest BCUT2D eigenvalue weighted by Crippen LogP contribution is 1.92. The number of rotatable bonds is 1. The van der Waals surface area contributed by atoms with Crippen LogP contribution in [0.15, 0.2) is 0 Å². The average Bonchev–Trinajstić information content (AvgIpc) is 2.26. The largest absolute Gasteiger partial charge is 0.335 e. The molecule has 0 aromatic rings. The third-order valence-electron chi connectivity index (χ3n) is 1.93. The van der Waals surface area contributed by atoms with Gasteiger partial charge in [0.05, 0.1) is 6.07 Å². The van der Waals surface area contributed by atoms with Crippen LogP contribution in [0, 0.1) is 11.3 Å². The average molecular weight is 196 g/mol. The molecule has 2 N–H and O–H groups in total. The molecule has 1 aliphatic rings. The van der Waals surface area contributed by atoms with Crippen LogP contribution < -0.4 is 10.6 Å². The van der Waals surface area contributed by atoms with Crippen molar-refractivity contribution >= 4 is 11.8 Å². The van der Waals surface area contributed by atoms with Crippen LogP contribution in [0.4, 0.5) is 0 Å². The lowest BCUT2D eigenvalue weighted by atomic mass is 10.3. The van der Waals surface area contributed by atoms with Gasteiger partial charge < -0.3 is 15.5 Å². The summed E-state index contributed by atoms with van der Waals surface area (Å²) in [6, 6.07) is 1.74. The first kappa shape index (κ1) is 10.5. The highest BCUT2D eigenvalue weighted by Gasteiger charge is 2.22. The molecule has 0 atom stereocenters. The molecule has 6 nitrogen and oxygen atoms in total. The van der Waals surface area contributed by atoms with Gasteiger partial charge in [-0.2, -0.15) is 5.26 Å². The van der Waals surface area contributed by atoms with Crippen LogP contribution in [0.1, 0.15) is 0 Å². The molecule has 2 amide bonds. The third kappa shape index (κ3) is 2.71. The Hall–Kier alpha value is -1.61. The summed E-state index contributed by atoms with van der Waals surface area (Å²) in [6.45, 7) is 2.36. The summed E-state index contributed by atoms with van der Waals surface area (Å²) in [5.41, 5.74) is 0. The predicted molar refractivity (Wildman–Crippen MR) is 48.1 cm³/mol. The summed E-state index contributed by atoms with van der Waals surface area (Å²) < 4.78 is 0. The van der Waals surface area contributed by atoms with E-state index in [-0.39, 0.29) is 6.54 Å². The molecule has 0 unspecified atom stereocenters. The first-order valence-corrected chi connectivity index (χ1v) is 4.40. The number of amides is 2. The lowest BCUT2D eigenvalue weighted by Crippen LogP contribution is -2.51. The van der Waals surface area contributed by atoms with Gasteiger partial charge in [0, 0.05) is 26.2 Å². The number of nitrogens with one attached hydrogen (secondary N) is 2. The van der Waals surface area contributed by atoms with Gasteiger partial charge >= 0.3 is 11.8 Å². The molecule has 1 aliphatic heterocycles. The molecule has 1 saturated heterocycles. The lowest BCUT2D eigenvalue weighted by Gasteiger charge is -2.26. The molecular formula is C8H12N4O2. The van der Waals surface area contributed by atoms with E-state index in [4.69, 9.17) is 5.26 Å². The fraction of sp³-hybridized carbons (Fsp3) is 0.625. The van der Waals surface area contributed by atoms with Crippen molar-refractivity contribution in [1.29, 1.82) is 5.26 Å². The van der Waals surface area contributed by atoms with Gasteiger partial charge in [-0.05, 0) is 0 Å². The Kier molecular flexibility index (Phi) is 3.88. The van der Waals surface area contributed by atoms with E-state index in [2.05, 4.69) is 10.6 Å². The van der Waals surface area contributed by atoms with E-state index in [1.54, 1.807) is 6.07 Å². The molecule has 1 rings (SSSR count). The van der Waals surface area contributed by atoms with E-state index in [1.165, 1.54) is 4.90 Å². The lowest BCUT2D eigenvalue weighted by molar-refractivity contribution is -0.146. The van der Waals surface area contributed by atoms with Crippen LogP contribution in [0.25, 0.3) is 0 Å². The molecule has 1 heterocycles. The second-order valence-corrected chi connectivity index (χ2v) is 2.88. The Bertz CT molecular complexity index is 265. The highest BCUT2D eigenvalue weighted by atomic mass is 16.2. The molecule has 14 heavy (non-hydrogen) atoms. The Morgan fingerprint density at radius 3 is 2.64 bits per heavy atom. The third-order valence-corrected chi connectivity index (χ3v) is 1.93. The van der Waals surface area contributed by atoms with Gasteiger partial charge in [-0.15, -0.1) is 0 Å². The first-order valence-electron chi connectivity index (χ1n) is 4.40. The van der Waals surface area contributed by atoms with Crippen LogP contribution in [0.2, 0.25) is 0 Å². The van der Waals surface area contributed by atoms with Gasteiger partial charge in [-0.3, -0.25) is 9.59 Å². The zero-order valence-corrected chi connectivity index (χ0v) is 7.75. The second-order valence-electron chi connectivity index (χ2n) is 2.88. The molecule has 76 valence electrons. The Morgan fingerprint density at radius 1 is 1.43 bits per heavy atom. The fourth-order valence-corrected chi connectivity index (χ4v) is 1.21. The minimum Gasteiger partial charge on any atom is -0.335 e. The minimum atomic E-state index is -0.701. The number of hydrogen-bond donors (Lipinski definition) is 2. The molecule has 0 aromatic heterocycles. The van der Waals surface area contributed by atoms with Crippen molar-refractivity contribution in [1.82, 2.24) is 15.5 Å². The number of carbonyl (C=O) groups excluding carboxylic acids is 2. The Balaban J connectivity index is 2.39. The van der Waals surface area contributed by atoms with Crippen molar-refractivity contribution < 1.29 is 9.59 Å². The Morgan fingerprint density at radius 2 is 2.07 bits per heavy atom. The molecule has 0 aromatic carbocycles. The van der Waals surface area contributed by atoms with Crippen LogP contribution in [-0.2, 0) is 9.59 Å². The van der Waals surface area contributed by atoms with Crippen LogP contribution >= 0.6 is 0 Å². The molecular weight excluding hydrogens is 184 g/mol. The summed E-state index contributed by atoms with van der Waals surface area (Å²) >= 11 is 0. The maximum Gasteiger partial charge on any atom is 0.311 e. The summed E-state index contributed by atoms with van der Waals surface area (Å²) in [6.07, 6.45) is 0. The summed E-state index contributed by atoms with van der Waals surface area (Å²) in [7, 11) is 0. The van der Waals surface area contributed by atoms with Gasteiger partial charge in [-0.25, -0.2) is 0 Å². The minimum absolute atomic E-state index is 0.128. The molecule has 0 bridgehead atoms. The molecule has 0 radical (unpaired) electrons. The summed E-state index contributed by atoms with van der Waals surface area (Å²) in [5.74, 6) is -1.25. The van der Waals surface area contributed by atoms with E-state index in [9.17, 15) is 9.59 Å². The zero-order valence-electron chi connectivity index (χ0n) is 7.75. The standard InChI is InChI=1S/C8H12N4O2/c9-1-2-11-7(13)8(14)12-5-3-10-4-6-12/h10H,2-6H2,(H,11,13). The van der Waals surface area contributed by atoms with Gasteiger partial charge in [0.15, 0.2) is 0 Å². The van der Waals surface area contributed by atoms with Crippen molar-refractivity contribution in [3.8, 4) is 6.07 Å². The molecule has 0 spiro atoms. The number of nitriles is 1. The van der Waals surface area contributed by atoms with Crippen molar-refractivity contribution in [2.24, 2.45) is 0 Å². The first-order chi connectivity index (χ1) is 6.75. The highest BCUT2D eigenvalue weighted by molar-refractivity contribution is 6.35. The maximum atomic E-state index is 11.4. The van der Waals surface area contributed by atoms with Crippen molar-refractivity contribution in [2.45, 2.75) is 0 Å². The van der Waals surface area contributed by atoms with Crippen LogP contribution in [0.3, 0.4) is 0 Å². The Labute approximate surface area is 81.9 Å². The van der Waals surface area contributed by atoms with Gasteiger partial charge in [0.1, 0.15) is 6.54 Å². The van der Waals surface area contributed by atoms with Crippen LogP contribution in [0.5, 0.6) is 0 Å². The van der Waals surface area contributed by atoms with Crippen molar-refractivity contribution in [2.75, 3.05) is 32.7 Å². The van der Waals surface area contributed by atoms with E-state index in [0.717, 1.165) is 0 Å². The normalized spacial score (nSPS) is 15.8. The van der Waals surface area contributed by atoms with E-state index in [1.807, 2.05) is 0 Å². The van der Waals surface area contributed by atoms with E-state index in [0.29, 0.717) is 26.2 Å². The topological polar surface area (TPSA) is 85.2 Å². The van der Waals surface area contributed by atoms with E-state index < -0.39 is 11.8 Å². The fourth-order valence-electron chi connectivity index (χ4n) is 1.21. The zero-order chi connectivity index (χ0) is 10.4. The monoisotopic (exact) mass is 196 g/mol. The molecule has 6 heteroatoms. The number of carbonyl (C=O) groups is 2. The number of nitrogens with zero attached hydrogens (tertiary/aromatic N) is 2. The maximum absolute atomic E-state index is 11.4. The SMILES string of the molecule is N#CCNC(=O)C(=O)N1CCNCC1. The van der Waals surface area contributed by atoms with Crippen LogP contribution in [-0.4, -0.2) is 49.4 Å². The molecule has 0 aliphatic carbocycles. The second kappa shape index (κ2) is 5.19. The summed E-state index contributed by atoms with van der Waals surface area (Å²) in [4.78, 5) is 24.0. The summed E-state index contributed by atoms with van der Waals surface area (Å²) in [5, 5.41) is 13.5. The quantitative estimate of drug-likeness (QED) is 0.377. The number of piperazine rings is 1. The van der Waals surface area contributed by atoms with Crippen molar-refractivity contribution in [3.63, 3.8) is 0 Å². The molecule has 1 fully saturated rings. The molecule has 0 saturated carbocycles. The van der Waals surface area contributed by atoms with E-state index >= 15 is 0 Å². The predicted octanol–water partition coefficient (Wildman–Crippen LogP) is -1.94. The van der Waals surface area contributed by atoms with Gasteiger partial charge in [-0.1, -0.05) is 0 Å². The van der Waals surface area contributed by atoms with Crippen molar-refractivity contribution in [3.05, 3.63) is 0 Å². The smallest absolute Gasteiger partial charge is 0.311 e. The van der Waals surface area contributed by atoms with Gasteiger partial charge in [0.2, 0.25) is 0 Å². The number of hydrogen-bond acceptors (Lipinski definition) is 4. The van der Waals surface area contributed by atoms with Gasteiger partial charge in [0.25, 0.3) is 0 Å².